The number of fused-ring (bicyclic) bond motifs is 1. The molecule has 0 saturated heterocycles. The van der Waals surface area contributed by atoms with Crippen molar-refractivity contribution in [3.63, 3.8) is 0 Å². The Morgan fingerprint density at radius 1 is 0.821 bits per heavy atom. The number of benzene rings is 2. The first-order chi connectivity index (χ1) is 13.3. The van der Waals surface area contributed by atoms with E-state index in [4.69, 9.17) is 0 Å². The van der Waals surface area contributed by atoms with E-state index in [2.05, 4.69) is 123 Å². The molecular formula is C24H29BN3+. The molecule has 142 valence electrons. The van der Waals surface area contributed by atoms with Gasteiger partial charge in [0, 0.05) is 23.6 Å². The highest BCUT2D eigenvalue weighted by Gasteiger charge is 2.46. The van der Waals surface area contributed by atoms with Gasteiger partial charge in [-0.05, 0) is 22.9 Å². The van der Waals surface area contributed by atoms with Crippen LogP contribution in [0.1, 0.15) is 27.7 Å². The molecular weight excluding hydrogens is 341 g/mol. The molecule has 4 rings (SSSR count). The Morgan fingerprint density at radius 2 is 1.43 bits per heavy atom. The number of nitrogens with zero attached hydrogens (tertiary/aromatic N) is 3. The summed E-state index contributed by atoms with van der Waals surface area (Å²) in [7, 11) is 4.36. The maximum Gasteiger partial charge on any atom is 0.672 e. The first-order valence-corrected chi connectivity index (χ1v) is 9.95. The molecule has 1 aliphatic heterocycles. The maximum absolute atomic E-state index is 2.45. The van der Waals surface area contributed by atoms with Crippen LogP contribution in [0.2, 0.25) is 0 Å². The first-order valence-electron chi connectivity index (χ1n) is 9.95. The molecule has 3 aromatic rings. The Balaban J connectivity index is 1.94. The SMILES string of the molecule is CC1=c2ccccc2=C(C(C)(C)C)N(C)B1[n+]1cc(-c2ccccc2)cn1C. The molecule has 0 fully saturated rings. The zero-order valence-electron chi connectivity index (χ0n) is 17.8. The summed E-state index contributed by atoms with van der Waals surface area (Å²) in [5.74, 6) is 0. The molecule has 0 aliphatic carbocycles. The Bertz CT molecular complexity index is 1140. The van der Waals surface area contributed by atoms with Crippen LogP contribution in [0.4, 0.5) is 0 Å². The quantitative estimate of drug-likeness (QED) is 0.632. The Hall–Kier alpha value is -2.75. The van der Waals surface area contributed by atoms with E-state index < -0.39 is 0 Å². The van der Waals surface area contributed by atoms with Crippen LogP contribution in [0.3, 0.4) is 0 Å². The normalized spacial score (nSPS) is 14.5. The van der Waals surface area contributed by atoms with Crippen molar-refractivity contribution in [1.82, 2.24) is 9.49 Å². The van der Waals surface area contributed by atoms with Crippen molar-refractivity contribution in [3.8, 4) is 11.1 Å². The van der Waals surface area contributed by atoms with E-state index in [1.165, 1.54) is 32.7 Å². The fraction of sp³-hybridized carbons (Fsp3) is 0.292. The van der Waals surface area contributed by atoms with Gasteiger partial charge >= 0.3 is 6.98 Å². The van der Waals surface area contributed by atoms with Gasteiger partial charge in [0.25, 0.3) is 0 Å². The fourth-order valence-electron chi connectivity index (χ4n) is 4.64. The van der Waals surface area contributed by atoms with E-state index in [9.17, 15) is 0 Å². The van der Waals surface area contributed by atoms with Crippen molar-refractivity contribution < 1.29 is 4.59 Å². The predicted molar refractivity (Wildman–Crippen MR) is 118 cm³/mol. The van der Waals surface area contributed by atoms with E-state index in [1.54, 1.807) is 0 Å². The third-order valence-electron chi connectivity index (χ3n) is 5.74. The van der Waals surface area contributed by atoms with Gasteiger partial charge in [-0.1, -0.05) is 75.4 Å². The van der Waals surface area contributed by atoms with Gasteiger partial charge in [0.2, 0.25) is 0 Å². The van der Waals surface area contributed by atoms with E-state index in [-0.39, 0.29) is 12.4 Å². The number of hydrogen-bond acceptors (Lipinski definition) is 1. The first kappa shape index (κ1) is 18.6. The molecule has 0 amide bonds. The molecule has 0 N–H and O–H groups in total. The van der Waals surface area contributed by atoms with Crippen LogP contribution < -0.4 is 15.0 Å². The highest BCUT2D eigenvalue weighted by atomic mass is 15.4. The van der Waals surface area contributed by atoms with Crippen LogP contribution in [-0.4, -0.2) is 23.5 Å². The summed E-state index contributed by atoms with van der Waals surface area (Å²) in [6.07, 6.45) is 4.49. The van der Waals surface area contributed by atoms with Crippen LogP contribution in [-0.2, 0) is 7.05 Å². The highest BCUT2D eigenvalue weighted by Crippen LogP contribution is 2.30. The summed E-state index contributed by atoms with van der Waals surface area (Å²) < 4.78 is 4.56. The number of aryl methyl sites for hydroxylation is 1. The minimum atomic E-state index is 0.0534. The minimum Gasteiger partial charge on any atom is -0.350 e. The van der Waals surface area contributed by atoms with Gasteiger partial charge in [0.1, 0.15) is 0 Å². The molecule has 1 aromatic heterocycles. The molecule has 28 heavy (non-hydrogen) atoms. The molecule has 3 nitrogen and oxygen atoms in total. The zero-order chi connectivity index (χ0) is 20.1. The lowest BCUT2D eigenvalue weighted by atomic mass is 9.61. The van der Waals surface area contributed by atoms with Crippen molar-refractivity contribution in [2.75, 3.05) is 7.05 Å². The van der Waals surface area contributed by atoms with E-state index in [1.807, 2.05) is 0 Å². The summed E-state index contributed by atoms with van der Waals surface area (Å²) in [6, 6.07) is 19.4. The Labute approximate surface area is 168 Å². The van der Waals surface area contributed by atoms with Crippen LogP contribution >= 0.6 is 0 Å². The molecule has 1 aliphatic rings. The minimum absolute atomic E-state index is 0.0534. The molecule has 0 bridgehead atoms. The topological polar surface area (TPSA) is 12.1 Å². The number of rotatable bonds is 2. The molecule has 0 spiro atoms. The average Bonchev–Trinajstić information content (AvgIpc) is 3.03. The van der Waals surface area contributed by atoms with E-state index in [0.717, 1.165) is 0 Å². The number of hydrogen-bond donors (Lipinski definition) is 0. The Kier molecular flexibility index (Phi) is 4.45. The van der Waals surface area contributed by atoms with Crippen molar-refractivity contribution in [2.24, 2.45) is 12.5 Å². The van der Waals surface area contributed by atoms with Gasteiger partial charge in [0.05, 0.1) is 18.8 Å². The van der Waals surface area contributed by atoms with Crippen molar-refractivity contribution in [1.29, 1.82) is 0 Å². The van der Waals surface area contributed by atoms with Crippen LogP contribution in [0.5, 0.6) is 0 Å². The molecule has 0 unspecified atom stereocenters. The highest BCUT2D eigenvalue weighted by molar-refractivity contribution is 6.68. The van der Waals surface area contributed by atoms with E-state index in [0.29, 0.717) is 0 Å². The van der Waals surface area contributed by atoms with Gasteiger partial charge in [-0.2, -0.15) is 9.27 Å². The zero-order valence-corrected chi connectivity index (χ0v) is 17.8. The van der Waals surface area contributed by atoms with Gasteiger partial charge in [0.15, 0.2) is 6.20 Å². The van der Waals surface area contributed by atoms with Crippen molar-refractivity contribution in [2.45, 2.75) is 27.7 Å². The van der Waals surface area contributed by atoms with Crippen LogP contribution in [0.15, 0.2) is 67.0 Å². The monoisotopic (exact) mass is 370 g/mol. The molecule has 2 aromatic carbocycles. The van der Waals surface area contributed by atoms with Crippen LogP contribution in [0.25, 0.3) is 22.3 Å². The average molecular weight is 370 g/mol. The van der Waals surface area contributed by atoms with Gasteiger partial charge in [-0.3, -0.25) is 0 Å². The standard InChI is InChI=1S/C24H29BN3/c1-18-21-14-10-11-15-22(21)23(24(2,3)4)27(6)25(18)28-17-20(16-26(28)5)19-12-8-7-9-13-19/h7-17H,1-6H3/q+1. The third-order valence-corrected chi connectivity index (χ3v) is 5.74. The van der Waals surface area contributed by atoms with Crippen LogP contribution in [0, 0.1) is 5.41 Å². The maximum atomic E-state index is 2.45. The lowest BCUT2D eigenvalue weighted by molar-refractivity contribution is -0.632. The molecule has 4 heteroatoms. The molecule has 0 radical (unpaired) electrons. The summed E-state index contributed by atoms with van der Waals surface area (Å²) in [5.41, 5.74) is 5.29. The van der Waals surface area contributed by atoms with Gasteiger partial charge < -0.3 is 4.81 Å². The summed E-state index contributed by atoms with van der Waals surface area (Å²) in [6.45, 7) is 9.32. The second-order valence-electron chi connectivity index (χ2n) is 8.85. The molecule has 0 atom stereocenters. The van der Waals surface area contributed by atoms with Gasteiger partial charge in [-0.25, -0.2) is 0 Å². The molecule has 0 saturated carbocycles. The Morgan fingerprint density at radius 3 is 2.07 bits per heavy atom. The third kappa shape index (κ3) is 2.97. The smallest absolute Gasteiger partial charge is 0.350 e. The largest absolute Gasteiger partial charge is 0.672 e. The van der Waals surface area contributed by atoms with Crippen molar-refractivity contribution >= 4 is 18.2 Å². The lowest BCUT2D eigenvalue weighted by Gasteiger charge is -2.35. The second kappa shape index (κ2) is 6.70. The van der Waals surface area contributed by atoms with E-state index >= 15 is 0 Å². The molecule has 2 heterocycles. The van der Waals surface area contributed by atoms with Gasteiger partial charge in [-0.15, -0.1) is 0 Å². The fourth-order valence-corrected chi connectivity index (χ4v) is 4.64. The van der Waals surface area contributed by atoms with Crippen molar-refractivity contribution in [3.05, 3.63) is 77.4 Å². The summed E-state index contributed by atoms with van der Waals surface area (Å²) >= 11 is 0. The second-order valence-corrected chi connectivity index (χ2v) is 8.85. The predicted octanol–water partition coefficient (Wildman–Crippen LogP) is 2.83. The number of aromatic nitrogens is 2. The summed E-state index contributed by atoms with van der Waals surface area (Å²) in [5, 5.41) is 2.70. The lowest BCUT2D eigenvalue weighted by Crippen LogP contribution is -2.68. The summed E-state index contributed by atoms with van der Waals surface area (Å²) in [4.78, 5) is 2.45.